The van der Waals surface area contributed by atoms with Crippen LogP contribution in [-0.4, -0.2) is 6.04 Å². The van der Waals surface area contributed by atoms with Crippen molar-refractivity contribution in [1.82, 2.24) is 0 Å². The molecule has 1 unspecified atom stereocenters. The molecular formula is C11H12FN. The van der Waals surface area contributed by atoms with Crippen LogP contribution in [0.15, 0.2) is 18.2 Å². The summed E-state index contributed by atoms with van der Waals surface area (Å²) in [4.78, 5) is 0. The van der Waals surface area contributed by atoms with Gasteiger partial charge in [-0.05, 0) is 31.5 Å². The molecule has 0 aliphatic carbocycles. The number of nitrogens with two attached hydrogens (primary N) is 1. The van der Waals surface area contributed by atoms with E-state index in [1.807, 2.05) is 6.92 Å². The minimum atomic E-state index is -0.264. The first kappa shape index (κ1) is 9.76. The summed E-state index contributed by atoms with van der Waals surface area (Å²) in [6.07, 6.45) is 0. The van der Waals surface area contributed by atoms with Gasteiger partial charge < -0.3 is 5.73 Å². The smallest absolute Gasteiger partial charge is 0.124 e. The van der Waals surface area contributed by atoms with Gasteiger partial charge in [-0.2, -0.15) is 0 Å². The fourth-order valence-electron chi connectivity index (χ4n) is 0.920. The van der Waals surface area contributed by atoms with Gasteiger partial charge in [0.2, 0.25) is 0 Å². The third-order valence-electron chi connectivity index (χ3n) is 1.63. The van der Waals surface area contributed by atoms with Crippen molar-refractivity contribution < 1.29 is 4.39 Å². The first-order valence-electron chi connectivity index (χ1n) is 4.13. The van der Waals surface area contributed by atoms with Crippen LogP contribution >= 0.6 is 0 Å². The van der Waals surface area contributed by atoms with E-state index in [0.29, 0.717) is 5.56 Å². The highest BCUT2D eigenvalue weighted by molar-refractivity contribution is 5.41. The normalized spacial score (nSPS) is 11.7. The molecule has 0 saturated carbocycles. The van der Waals surface area contributed by atoms with Gasteiger partial charge in [0.25, 0.3) is 0 Å². The highest BCUT2D eigenvalue weighted by atomic mass is 19.1. The first-order chi connectivity index (χ1) is 6.09. The van der Waals surface area contributed by atoms with Gasteiger partial charge in [-0.3, -0.25) is 0 Å². The van der Waals surface area contributed by atoms with Crippen LogP contribution in [0.4, 0.5) is 4.39 Å². The Kier molecular flexibility index (Phi) is 3.05. The van der Waals surface area contributed by atoms with Crippen molar-refractivity contribution in [2.75, 3.05) is 0 Å². The third kappa shape index (κ3) is 2.89. The monoisotopic (exact) mass is 177 g/mol. The predicted octanol–water partition coefficient (Wildman–Crippen LogP) is 1.83. The lowest BCUT2D eigenvalue weighted by Crippen LogP contribution is -2.10. The molecule has 2 heteroatoms. The summed E-state index contributed by atoms with van der Waals surface area (Å²) < 4.78 is 12.8. The van der Waals surface area contributed by atoms with Crippen molar-refractivity contribution in [1.29, 1.82) is 0 Å². The molecule has 0 heterocycles. The molecule has 0 aliphatic heterocycles. The largest absolute Gasteiger partial charge is 0.318 e. The van der Waals surface area contributed by atoms with Crippen molar-refractivity contribution in [3.8, 4) is 11.8 Å². The van der Waals surface area contributed by atoms with Crippen molar-refractivity contribution >= 4 is 0 Å². The van der Waals surface area contributed by atoms with Crippen LogP contribution in [0.25, 0.3) is 0 Å². The summed E-state index contributed by atoms with van der Waals surface area (Å²) in [5.41, 5.74) is 7.13. The molecule has 1 aromatic rings. The van der Waals surface area contributed by atoms with Crippen LogP contribution in [0.1, 0.15) is 18.1 Å². The summed E-state index contributed by atoms with van der Waals surface area (Å²) in [6, 6.07) is 4.38. The van der Waals surface area contributed by atoms with Crippen molar-refractivity contribution in [3.63, 3.8) is 0 Å². The number of halogens is 1. The van der Waals surface area contributed by atoms with Crippen LogP contribution in [-0.2, 0) is 0 Å². The third-order valence-corrected chi connectivity index (χ3v) is 1.63. The molecule has 13 heavy (non-hydrogen) atoms. The number of hydrogen-bond donors (Lipinski definition) is 1. The molecule has 0 saturated heterocycles. The topological polar surface area (TPSA) is 26.0 Å². The first-order valence-corrected chi connectivity index (χ1v) is 4.13. The summed E-state index contributed by atoms with van der Waals surface area (Å²) in [6.45, 7) is 3.69. The Morgan fingerprint density at radius 3 is 2.77 bits per heavy atom. The molecule has 1 rings (SSSR count). The zero-order valence-corrected chi connectivity index (χ0v) is 7.76. The number of rotatable bonds is 0. The van der Waals surface area contributed by atoms with Gasteiger partial charge in [0.1, 0.15) is 5.82 Å². The van der Waals surface area contributed by atoms with Crippen molar-refractivity contribution in [2.45, 2.75) is 19.9 Å². The van der Waals surface area contributed by atoms with Crippen LogP contribution < -0.4 is 5.73 Å². The highest BCUT2D eigenvalue weighted by Crippen LogP contribution is 2.08. The molecule has 0 fully saturated rings. The van der Waals surface area contributed by atoms with Crippen molar-refractivity contribution in [2.24, 2.45) is 5.73 Å². The Morgan fingerprint density at radius 2 is 2.15 bits per heavy atom. The molecular weight excluding hydrogens is 165 g/mol. The molecule has 1 atom stereocenters. The molecule has 0 aliphatic rings. The van der Waals surface area contributed by atoms with E-state index in [2.05, 4.69) is 11.8 Å². The molecule has 0 radical (unpaired) electrons. The Balaban J connectivity index is 3.02. The lowest BCUT2D eigenvalue weighted by atomic mass is 10.1. The summed E-state index contributed by atoms with van der Waals surface area (Å²) in [5.74, 6) is 5.36. The van der Waals surface area contributed by atoms with E-state index in [1.165, 1.54) is 12.1 Å². The van der Waals surface area contributed by atoms with E-state index >= 15 is 0 Å². The van der Waals surface area contributed by atoms with Crippen LogP contribution in [0, 0.1) is 24.6 Å². The highest BCUT2D eigenvalue weighted by Gasteiger charge is 1.96. The second-order valence-electron chi connectivity index (χ2n) is 3.02. The molecule has 68 valence electrons. The van der Waals surface area contributed by atoms with Gasteiger partial charge in [0.15, 0.2) is 0 Å². The van der Waals surface area contributed by atoms with E-state index in [-0.39, 0.29) is 11.9 Å². The Bertz CT molecular complexity index is 358. The summed E-state index contributed by atoms with van der Waals surface area (Å²) in [5, 5.41) is 0. The van der Waals surface area contributed by atoms with Crippen LogP contribution in [0.3, 0.4) is 0 Å². The maximum absolute atomic E-state index is 12.8. The van der Waals surface area contributed by atoms with E-state index in [9.17, 15) is 4.39 Å². The minimum absolute atomic E-state index is 0.178. The number of hydrogen-bond acceptors (Lipinski definition) is 1. The van der Waals surface area contributed by atoms with Gasteiger partial charge in [-0.25, -0.2) is 4.39 Å². The maximum atomic E-state index is 12.8. The quantitative estimate of drug-likeness (QED) is 0.601. The van der Waals surface area contributed by atoms with Gasteiger partial charge in [0, 0.05) is 5.56 Å². The standard InChI is InChI=1S/C11H12FN/c1-8-3-6-11(12)7-10(8)5-4-9(2)13/h3,6-7,9H,13H2,1-2H3. The average molecular weight is 177 g/mol. The van der Waals surface area contributed by atoms with Gasteiger partial charge in [-0.15, -0.1) is 0 Å². The average Bonchev–Trinajstić information content (AvgIpc) is 2.06. The molecule has 0 spiro atoms. The SMILES string of the molecule is Cc1ccc(F)cc1C#CC(C)N. The molecule has 1 nitrogen and oxygen atoms in total. The Hall–Kier alpha value is -1.33. The molecule has 0 bridgehead atoms. The fraction of sp³-hybridized carbons (Fsp3) is 0.273. The van der Waals surface area contributed by atoms with Crippen LogP contribution in [0.5, 0.6) is 0 Å². The molecule has 0 aromatic heterocycles. The summed E-state index contributed by atoms with van der Waals surface area (Å²) >= 11 is 0. The van der Waals surface area contributed by atoms with E-state index in [0.717, 1.165) is 5.56 Å². The van der Waals surface area contributed by atoms with Gasteiger partial charge in [-0.1, -0.05) is 17.9 Å². The predicted molar refractivity (Wildman–Crippen MR) is 51.7 cm³/mol. The Morgan fingerprint density at radius 1 is 1.46 bits per heavy atom. The zero-order valence-electron chi connectivity index (χ0n) is 7.76. The Labute approximate surface area is 77.8 Å². The van der Waals surface area contributed by atoms with E-state index in [1.54, 1.807) is 13.0 Å². The van der Waals surface area contributed by atoms with E-state index < -0.39 is 0 Å². The number of aryl methyl sites for hydroxylation is 1. The van der Waals surface area contributed by atoms with Gasteiger partial charge >= 0.3 is 0 Å². The van der Waals surface area contributed by atoms with Crippen molar-refractivity contribution in [3.05, 3.63) is 35.1 Å². The number of benzene rings is 1. The summed E-state index contributed by atoms with van der Waals surface area (Å²) in [7, 11) is 0. The maximum Gasteiger partial charge on any atom is 0.124 e. The molecule has 1 aromatic carbocycles. The molecule has 0 amide bonds. The molecule has 2 N–H and O–H groups in total. The zero-order chi connectivity index (χ0) is 9.84. The second kappa shape index (κ2) is 4.06. The minimum Gasteiger partial charge on any atom is -0.318 e. The van der Waals surface area contributed by atoms with Crippen LogP contribution in [0.2, 0.25) is 0 Å². The lowest BCUT2D eigenvalue weighted by molar-refractivity contribution is 0.627. The fourth-order valence-corrected chi connectivity index (χ4v) is 0.920. The van der Waals surface area contributed by atoms with E-state index in [4.69, 9.17) is 5.73 Å². The lowest BCUT2D eigenvalue weighted by Gasteiger charge is -1.97. The second-order valence-corrected chi connectivity index (χ2v) is 3.02. The van der Waals surface area contributed by atoms with Gasteiger partial charge in [0.05, 0.1) is 6.04 Å².